The topological polar surface area (TPSA) is 18.5 Å². The van der Waals surface area contributed by atoms with Gasteiger partial charge in [-0.25, -0.2) is 0 Å². The summed E-state index contributed by atoms with van der Waals surface area (Å²) < 4.78 is 0.490. The highest BCUT2D eigenvalue weighted by atomic mass is 32.2. The number of rotatable bonds is 3. The first-order valence-electron chi connectivity index (χ1n) is 6.95. The van der Waals surface area contributed by atoms with Gasteiger partial charge in [-0.05, 0) is 13.0 Å². The summed E-state index contributed by atoms with van der Waals surface area (Å²) in [7, 11) is 0. The van der Waals surface area contributed by atoms with E-state index in [1.54, 1.807) is 0 Å². The van der Waals surface area contributed by atoms with Crippen LogP contribution in [0.3, 0.4) is 0 Å². The largest absolute Gasteiger partial charge is 0.314 e. The lowest BCUT2D eigenvalue weighted by molar-refractivity contribution is 0.192. The molecule has 0 saturated carbocycles. The zero-order valence-corrected chi connectivity index (χ0v) is 12.2. The quantitative estimate of drug-likeness (QED) is 0.816. The normalized spacial score (nSPS) is 27.9. The third-order valence-corrected chi connectivity index (χ3v) is 5.24. The van der Waals surface area contributed by atoms with Gasteiger partial charge in [0, 0.05) is 56.3 Å². The molecule has 0 atom stereocenters. The van der Waals surface area contributed by atoms with Gasteiger partial charge in [-0.15, -0.1) is 0 Å². The minimum atomic E-state index is 0.490. The van der Waals surface area contributed by atoms with Crippen LogP contribution in [0.2, 0.25) is 0 Å². The van der Waals surface area contributed by atoms with Crippen molar-refractivity contribution in [3.8, 4) is 0 Å². The highest BCUT2D eigenvalue weighted by Crippen LogP contribution is 2.30. The molecular weight excluding hydrogens is 230 g/mol. The fourth-order valence-corrected chi connectivity index (χ4v) is 3.64. The number of piperazine rings is 1. The molecule has 2 saturated heterocycles. The van der Waals surface area contributed by atoms with Crippen molar-refractivity contribution >= 4 is 11.8 Å². The van der Waals surface area contributed by atoms with E-state index >= 15 is 0 Å². The summed E-state index contributed by atoms with van der Waals surface area (Å²) in [6.45, 7) is 14.7. The molecule has 0 aliphatic carbocycles. The number of thioether (sulfide) groups is 1. The van der Waals surface area contributed by atoms with Crippen molar-refractivity contribution in [3.63, 3.8) is 0 Å². The lowest BCUT2D eigenvalue weighted by Crippen LogP contribution is -2.46. The molecule has 4 heteroatoms. The van der Waals surface area contributed by atoms with Crippen molar-refractivity contribution in [2.75, 3.05) is 58.1 Å². The zero-order chi connectivity index (χ0) is 12.1. The summed E-state index contributed by atoms with van der Waals surface area (Å²) in [5.41, 5.74) is 0. The molecule has 17 heavy (non-hydrogen) atoms. The van der Waals surface area contributed by atoms with Gasteiger partial charge < -0.3 is 10.2 Å². The molecule has 2 heterocycles. The number of hydrogen-bond acceptors (Lipinski definition) is 4. The minimum Gasteiger partial charge on any atom is -0.314 e. The molecule has 0 bridgehead atoms. The van der Waals surface area contributed by atoms with Gasteiger partial charge in [0.05, 0.1) is 0 Å². The summed E-state index contributed by atoms with van der Waals surface area (Å²) in [5.74, 6) is 1.30. The summed E-state index contributed by atoms with van der Waals surface area (Å²) in [6.07, 6.45) is 1.33. The van der Waals surface area contributed by atoms with Gasteiger partial charge in [-0.3, -0.25) is 4.90 Å². The molecule has 0 aromatic rings. The van der Waals surface area contributed by atoms with Crippen molar-refractivity contribution < 1.29 is 0 Å². The van der Waals surface area contributed by atoms with E-state index < -0.39 is 0 Å². The van der Waals surface area contributed by atoms with Crippen LogP contribution in [0, 0.1) is 0 Å². The maximum Gasteiger partial charge on any atom is 0.0116 e. The first-order chi connectivity index (χ1) is 8.16. The van der Waals surface area contributed by atoms with Crippen molar-refractivity contribution in [2.45, 2.75) is 25.0 Å². The second-order valence-electron chi connectivity index (χ2n) is 5.79. The molecule has 1 N–H and O–H groups in total. The Morgan fingerprint density at radius 1 is 1.00 bits per heavy atom. The Balaban J connectivity index is 1.68. The van der Waals surface area contributed by atoms with Gasteiger partial charge in [0.15, 0.2) is 0 Å². The first-order valence-corrected chi connectivity index (χ1v) is 7.94. The van der Waals surface area contributed by atoms with Crippen LogP contribution in [-0.4, -0.2) is 72.7 Å². The molecule has 0 aromatic carbocycles. The Hall–Kier alpha value is 0.230. The summed E-state index contributed by atoms with van der Waals surface area (Å²) >= 11 is 2.14. The molecule has 2 aliphatic rings. The summed E-state index contributed by atoms with van der Waals surface area (Å²) in [5, 5.41) is 3.41. The van der Waals surface area contributed by atoms with E-state index in [1.165, 1.54) is 64.5 Å². The molecule has 2 fully saturated rings. The van der Waals surface area contributed by atoms with Gasteiger partial charge in [-0.2, -0.15) is 11.8 Å². The molecular formula is C13H27N3S. The van der Waals surface area contributed by atoms with Gasteiger partial charge in [0.1, 0.15) is 0 Å². The average Bonchev–Trinajstić information content (AvgIpc) is 2.49. The molecule has 100 valence electrons. The van der Waals surface area contributed by atoms with Gasteiger partial charge in [0.2, 0.25) is 0 Å². The fraction of sp³-hybridized carbons (Fsp3) is 1.00. The van der Waals surface area contributed by atoms with E-state index in [2.05, 4.69) is 40.7 Å². The Bertz CT molecular complexity index is 227. The number of nitrogens with zero attached hydrogens (tertiary/aromatic N) is 2. The van der Waals surface area contributed by atoms with E-state index in [-0.39, 0.29) is 0 Å². The predicted octanol–water partition coefficient (Wildman–Crippen LogP) is 1.11. The third-order valence-electron chi connectivity index (χ3n) is 3.87. The van der Waals surface area contributed by atoms with Gasteiger partial charge >= 0.3 is 0 Å². The predicted molar refractivity (Wildman–Crippen MR) is 76.9 cm³/mol. The SMILES string of the molecule is CC1(C)CCN(CCN2CCNCC2)CCS1. The molecule has 0 radical (unpaired) electrons. The highest BCUT2D eigenvalue weighted by molar-refractivity contribution is 8.00. The lowest BCUT2D eigenvalue weighted by Gasteiger charge is -2.30. The second kappa shape index (κ2) is 6.41. The zero-order valence-electron chi connectivity index (χ0n) is 11.4. The van der Waals surface area contributed by atoms with E-state index in [0.717, 1.165) is 0 Å². The standard InChI is InChI=1S/C13H27N3S/c1-13(2)3-6-15(11-12-17-13)9-10-16-7-4-14-5-8-16/h14H,3-12H2,1-2H3. The average molecular weight is 257 g/mol. The minimum absolute atomic E-state index is 0.490. The molecule has 0 unspecified atom stereocenters. The lowest BCUT2D eigenvalue weighted by atomic mass is 10.1. The summed E-state index contributed by atoms with van der Waals surface area (Å²) in [4.78, 5) is 5.25. The highest BCUT2D eigenvalue weighted by Gasteiger charge is 2.23. The van der Waals surface area contributed by atoms with E-state index in [9.17, 15) is 0 Å². The van der Waals surface area contributed by atoms with Crippen LogP contribution >= 0.6 is 11.8 Å². The first kappa shape index (κ1) is 13.7. The van der Waals surface area contributed by atoms with Crippen LogP contribution in [0.1, 0.15) is 20.3 Å². The van der Waals surface area contributed by atoms with Crippen molar-refractivity contribution in [3.05, 3.63) is 0 Å². The maximum absolute atomic E-state index is 3.41. The number of hydrogen-bond donors (Lipinski definition) is 1. The Morgan fingerprint density at radius 2 is 1.65 bits per heavy atom. The maximum atomic E-state index is 3.41. The molecule has 3 nitrogen and oxygen atoms in total. The second-order valence-corrected chi connectivity index (χ2v) is 7.59. The van der Waals surface area contributed by atoms with E-state index in [1.807, 2.05) is 0 Å². The van der Waals surface area contributed by atoms with Crippen LogP contribution in [0.5, 0.6) is 0 Å². The molecule has 0 spiro atoms. The summed E-state index contributed by atoms with van der Waals surface area (Å²) in [6, 6.07) is 0. The third kappa shape index (κ3) is 4.78. The number of nitrogens with one attached hydrogen (secondary N) is 1. The van der Waals surface area contributed by atoms with Crippen LogP contribution in [0.15, 0.2) is 0 Å². The molecule has 0 amide bonds. The van der Waals surface area contributed by atoms with Gasteiger partial charge in [0.25, 0.3) is 0 Å². The fourth-order valence-electron chi connectivity index (χ4n) is 2.50. The monoisotopic (exact) mass is 257 g/mol. The molecule has 0 aromatic heterocycles. The smallest absolute Gasteiger partial charge is 0.0116 e. The Labute approximate surface area is 110 Å². The van der Waals surface area contributed by atoms with Crippen molar-refractivity contribution in [1.29, 1.82) is 0 Å². The van der Waals surface area contributed by atoms with E-state index in [0.29, 0.717) is 4.75 Å². The molecule has 2 aliphatic heterocycles. The van der Waals surface area contributed by atoms with E-state index in [4.69, 9.17) is 0 Å². The van der Waals surface area contributed by atoms with Crippen LogP contribution in [-0.2, 0) is 0 Å². The Kier molecular flexibility index (Phi) is 5.15. The van der Waals surface area contributed by atoms with Gasteiger partial charge in [-0.1, -0.05) is 13.8 Å². The van der Waals surface area contributed by atoms with Crippen LogP contribution in [0.25, 0.3) is 0 Å². The van der Waals surface area contributed by atoms with Crippen molar-refractivity contribution in [2.24, 2.45) is 0 Å². The van der Waals surface area contributed by atoms with Crippen LogP contribution < -0.4 is 5.32 Å². The Morgan fingerprint density at radius 3 is 2.35 bits per heavy atom. The van der Waals surface area contributed by atoms with Crippen LogP contribution in [0.4, 0.5) is 0 Å². The molecule has 2 rings (SSSR count). The van der Waals surface area contributed by atoms with Crippen molar-refractivity contribution in [1.82, 2.24) is 15.1 Å².